The van der Waals surface area contributed by atoms with Gasteiger partial charge in [0.05, 0.1) is 38.3 Å². The van der Waals surface area contributed by atoms with Crippen LogP contribution in [0.15, 0.2) is 70.2 Å². The molecular weight excluding hydrogens is 404 g/mol. The number of anilines is 1. The van der Waals surface area contributed by atoms with Crippen molar-refractivity contribution in [3.8, 4) is 11.5 Å². The number of hydrogen-bond acceptors (Lipinski definition) is 6. The first-order chi connectivity index (χ1) is 14.6. The van der Waals surface area contributed by atoms with Crippen molar-refractivity contribution in [3.05, 3.63) is 72.2 Å². The molecule has 1 aromatic heterocycles. The van der Waals surface area contributed by atoms with Gasteiger partial charge in [-0.25, -0.2) is 0 Å². The molecule has 2 aromatic carbocycles. The number of ether oxygens (including phenoxy) is 2. The Morgan fingerprint density at radius 2 is 1.80 bits per heavy atom. The number of thioether (sulfide) groups is 1. The average molecular weight is 426 g/mol. The summed E-state index contributed by atoms with van der Waals surface area (Å²) in [5.74, 6) is 1.51. The van der Waals surface area contributed by atoms with E-state index in [0.717, 1.165) is 4.90 Å². The van der Waals surface area contributed by atoms with E-state index in [1.54, 1.807) is 55.8 Å². The minimum absolute atomic E-state index is 0.150. The van der Waals surface area contributed by atoms with E-state index in [1.807, 2.05) is 12.1 Å². The van der Waals surface area contributed by atoms with Crippen LogP contribution in [0, 0.1) is 0 Å². The molecule has 0 bridgehead atoms. The molecule has 0 fully saturated rings. The van der Waals surface area contributed by atoms with Gasteiger partial charge in [-0.05, 0) is 36.4 Å². The quantitative estimate of drug-likeness (QED) is 0.504. The molecule has 156 valence electrons. The molecule has 0 aliphatic heterocycles. The highest BCUT2D eigenvalue weighted by Crippen LogP contribution is 2.30. The summed E-state index contributed by atoms with van der Waals surface area (Å²) in [6.45, 7) is 0.296. The SMILES string of the molecule is COc1ccc(NC(=O)CSc2ccccc2C(=O)NCc2ccco2)cc1OC. The maximum atomic E-state index is 12.5. The number of amides is 2. The molecular formula is C22H22N2O5S. The third-order valence-corrected chi connectivity index (χ3v) is 5.23. The number of carbonyl (C=O) groups excluding carboxylic acids is 2. The lowest BCUT2D eigenvalue weighted by atomic mass is 10.2. The van der Waals surface area contributed by atoms with Crippen molar-refractivity contribution in [3.63, 3.8) is 0 Å². The number of benzene rings is 2. The van der Waals surface area contributed by atoms with E-state index in [1.165, 1.54) is 18.9 Å². The van der Waals surface area contributed by atoms with E-state index in [0.29, 0.717) is 35.1 Å². The fraction of sp³-hybridized carbons (Fsp3) is 0.182. The highest BCUT2D eigenvalue weighted by molar-refractivity contribution is 8.00. The van der Waals surface area contributed by atoms with E-state index < -0.39 is 0 Å². The number of carbonyl (C=O) groups is 2. The van der Waals surface area contributed by atoms with Crippen LogP contribution in [-0.2, 0) is 11.3 Å². The molecule has 8 heteroatoms. The summed E-state index contributed by atoms with van der Waals surface area (Å²) in [6, 6.07) is 15.9. The van der Waals surface area contributed by atoms with Gasteiger partial charge in [-0.1, -0.05) is 12.1 Å². The zero-order chi connectivity index (χ0) is 21.3. The van der Waals surface area contributed by atoms with Crippen LogP contribution in [0.4, 0.5) is 5.69 Å². The highest BCUT2D eigenvalue weighted by atomic mass is 32.2. The average Bonchev–Trinajstić information content (AvgIpc) is 3.30. The first-order valence-corrected chi connectivity index (χ1v) is 10.1. The van der Waals surface area contributed by atoms with Gasteiger partial charge < -0.3 is 24.5 Å². The lowest BCUT2D eigenvalue weighted by Crippen LogP contribution is -2.23. The Balaban J connectivity index is 1.59. The van der Waals surface area contributed by atoms with Gasteiger partial charge in [-0.2, -0.15) is 0 Å². The van der Waals surface area contributed by atoms with Crippen LogP contribution in [0.3, 0.4) is 0 Å². The first-order valence-electron chi connectivity index (χ1n) is 9.15. The molecule has 2 N–H and O–H groups in total. The summed E-state index contributed by atoms with van der Waals surface area (Å²) in [7, 11) is 3.09. The van der Waals surface area contributed by atoms with E-state index in [2.05, 4.69) is 10.6 Å². The summed E-state index contributed by atoms with van der Waals surface area (Å²) in [6.07, 6.45) is 1.56. The summed E-state index contributed by atoms with van der Waals surface area (Å²) in [5.41, 5.74) is 1.11. The van der Waals surface area contributed by atoms with Gasteiger partial charge in [0.25, 0.3) is 5.91 Å². The number of hydrogen-bond donors (Lipinski definition) is 2. The number of methoxy groups -OCH3 is 2. The maximum absolute atomic E-state index is 12.5. The minimum Gasteiger partial charge on any atom is -0.493 e. The third-order valence-electron chi connectivity index (χ3n) is 4.16. The van der Waals surface area contributed by atoms with Gasteiger partial charge >= 0.3 is 0 Å². The Morgan fingerprint density at radius 1 is 1.00 bits per heavy atom. The molecule has 1 heterocycles. The first kappa shape index (κ1) is 21.3. The predicted octanol–water partition coefficient (Wildman–Crippen LogP) is 3.96. The number of nitrogens with one attached hydrogen (secondary N) is 2. The highest BCUT2D eigenvalue weighted by Gasteiger charge is 2.14. The van der Waals surface area contributed by atoms with Crippen LogP contribution in [0.25, 0.3) is 0 Å². The normalized spacial score (nSPS) is 10.3. The van der Waals surface area contributed by atoms with Crippen LogP contribution < -0.4 is 20.1 Å². The second kappa shape index (κ2) is 10.4. The van der Waals surface area contributed by atoms with Crippen molar-refractivity contribution in [2.45, 2.75) is 11.4 Å². The molecule has 0 atom stereocenters. The van der Waals surface area contributed by atoms with Crippen molar-refractivity contribution in [2.24, 2.45) is 0 Å². The standard InChI is InChI=1S/C22H22N2O5S/c1-27-18-10-9-15(12-19(18)28-2)24-21(25)14-30-20-8-4-3-7-17(20)22(26)23-13-16-6-5-11-29-16/h3-12H,13-14H2,1-2H3,(H,23,26)(H,24,25). The van der Waals surface area contributed by atoms with Crippen LogP contribution in [0.2, 0.25) is 0 Å². The molecule has 3 aromatic rings. The Bertz CT molecular complexity index is 1000. The Hall–Kier alpha value is -3.39. The molecule has 0 unspecified atom stereocenters. The zero-order valence-electron chi connectivity index (χ0n) is 16.6. The molecule has 0 saturated heterocycles. The van der Waals surface area contributed by atoms with Gasteiger partial charge in [0.15, 0.2) is 11.5 Å². The molecule has 0 radical (unpaired) electrons. The van der Waals surface area contributed by atoms with Crippen molar-refractivity contribution in [2.75, 3.05) is 25.3 Å². The molecule has 30 heavy (non-hydrogen) atoms. The van der Waals surface area contributed by atoms with Gasteiger partial charge in [0.1, 0.15) is 5.76 Å². The topological polar surface area (TPSA) is 89.8 Å². The molecule has 0 aliphatic rings. The van der Waals surface area contributed by atoms with Crippen molar-refractivity contribution < 1.29 is 23.5 Å². The largest absolute Gasteiger partial charge is 0.493 e. The zero-order valence-corrected chi connectivity index (χ0v) is 17.5. The van der Waals surface area contributed by atoms with E-state index >= 15 is 0 Å². The smallest absolute Gasteiger partial charge is 0.252 e. The summed E-state index contributed by atoms with van der Waals surface area (Å²) >= 11 is 1.29. The van der Waals surface area contributed by atoms with E-state index in [9.17, 15) is 9.59 Å². The molecule has 0 aliphatic carbocycles. The lowest BCUT2D eigenvalue weighted by Gasteiger charge is -2.11. The molecule has 0 saturated carbocycles. The summed E-state index contributed by atoms with van der Waals surface area (Å²) in [4.78, 5) is 25.6. The molecule has 0 spiro atoms. The van der Waals surface area contributed by atoms with Crippen LogP contribution in [0.5, 0.6) is 11.5 Å². The fourth-order valence-corrected chi connectivity index (χ4v) is 3.56. The summed E-state index contributed by atoms with van der Waals surface area (Å²) < 4.78 is 15.7. The monoisotopic (exact) mass is 426 g/mol. The van der Waals surface area contributed by atoms with Crippen LogP contribution in [0.1, 0.15) is 16.1 Å². The Labute approximate surface area is 178 Å². The molecule has 7 nitrogen and oxygen atoms in total. The number of furan rings is 1. The third kappa shape index (κ3) is 5.57. The Morgan fingerprint density at radius 3 is 2.53 bits per heavy atom. The van der Waals surface area contributed by atoms with E-state index in [-0.39, 0.29) is 17.6 Å². The van der Waals surface area contributed by atoms with Gasteiger partial charge in [0.2, 0.25) is 5.91 Å². The van der Waals surface area contributed by atoms with E-state index in [4.69, 9.17) is 13.9 Å². The maximum Gasteiger partial charge on any atom is 0.252 e. The minimum atomic E-state index is -0.227. The predicted molar refractivity (Wildman–Crippen MR) is 115 cm³/mol. The van der Waals surface area contributed by atoms with Gasteiger partial charge in [0, 0.05) is 16.6 Å². The van der Waals surface area contributed by atoms with Crippen molar-refractivity contribution >= 4 is 29.3 Å². The number of rotatable bonds is 9. The van der Waals surface area contributed by atoms with Crippen molar-refractivity contribution in [1.29, 1.82) is 0 Å². The second-order valence-electron chi connectivity index (χ2n) is 6.16. The van der Waals surface area contributed by atoms with Crippen LogP contribution in [-0.4, -0.2) is 31.8 Å². The summed E-state index contributed by atoms with van der Waals surface area (Å²) in [5, 5.41) is 5.64. The van der Waals surface area contributed by atoms with Gasteiger partial charge in [-0.3, -0.25) is 9.59 Å². The second-order valence-corrected chi connectivity index (χ2v) is 7.18. The lowest BCUT2D eigenvalue weighted by molar-refractivity contribution is -0.113. The fourth-order valence-electron chi connectivity index (χ4n) is 2.71. The molecule has 3 rings (SSSR count). The van der Waals surface area contributed by atoms with Gasteiger partial charge in [-0.15, -0.1) is 11.8 Å². The van der Waals surface area contributed by atoms with Crippen molar-refractivity contribution in [1.82, 2.24) is 5.32 Å². The Kier molecular flexibility index (Phi) is 7.40. The molecule has 2 amide bonds. The van der Waals surface area contributed by atoms with Crippen LogP contribution >= 0.6 is 11.8 Å².